The molecule has 0 spiro atoms. The first-order valence-electron chi connectivity index (χ1n) is 20.1. The first-order chi connectivity index (χ1) is 22.6. The Balaban J connectivity index is -0.0000106. The van der Waals surface area contributed by atoms with Crippen LogP contribution in [0.3, 0.4) is 0 Å². The van der Waals surface area contributed by atoms with E-state index >= 15 is 0 Å². The highest BCUT2D eigenvalue weighted by atomic mass is 35.5. The maximum Gasteiger partial charge on any atom is 0.361 e. The largest absolute Gasteiger partial charge is 1.00 e. The zero-order chi connectivity index (χ0) is 34.9. The van der Waals surface area contributed by atoms with E-state index in [1.54, 1.807) is 0 Å². The molecule has 9 heteroatoms. The van der Waals surface area contributed by atoms with Crippen LogP contribution in [-0.2, 0) is 23.8 Å². The Bertz CT molecular complexity index is 667. The summed E-state index contributed by atoms with van der Waals surface area (Å²) in [5.74, 6) is -0.366. The number of halogens is 2. The Hall–Kier alpha value is -0.600. The third kappa shape index (κ3) is 40.0. The predicted molar refractivity (Wildman–Crippen MR) is 199 cm³/mol. The fraction of sp³-hybridized carbons (Fsp3) is 0.950. The second kappa shape index (κ2) is 37.2. The molecule has 0 bridgehead atoms. The number of carbonyl (C=O) groups is 2. The van der Waals surface area contributed by atoms with Crippen LogP contribution in [0, 0.1) is 0 Å². The molecule has 0 radical (unpaired) electrons. The highest BCUT2D eigenvalue weighted by Crippen LogP contribution is 2.14. The van der Waals surface area contributed by atoms with Gasteiger partial charge in [0.2, 0.25) is 0 Å². The summed E-state index contributed by atoms with van der Waals surface area (Å²) in [7, 11) is 8.40. The molecule has 0 heterocycles. The molecule has 0 unspecified atom stereocenters. The van der Waals surface area contributed by atoms with Crippen molar-refractivity contribution in [3.05, 3.63) is 0 Å². The average molecular weight is 742 g/mol. The fourth-order valence-electron chi connectivity index (χ4n) is 6.24. The van der Waals surface area contributed by atoms with Crippen LogP contribution in [-0.4, -0.2) is 102 Å². The molecule has 0 atom stereocenters. The summed E-state index contributed by atoms with van der Waals surface area (Å²) < 4.78 is 17.6. The smallest absolute Gasteiger partial charge is 0.361 e. The van der Waals surface area contributed by atoms with Crippen molar-refractivity contribution in [2.24, 2.45) is 0 Å². The third-order valence-electron chi connectivity index (χ3n) is 9.33. The lowest BCUT2D eigenvalue weighted by molar-refractivity contribution is -0.883. The van der Waals surface area contributed by atoms with Gasteiger partial charge in [-0.15, -0.1) is 0 Å². The van der Waals surface area contributed by atoms with E-state index in [4.69, 9.17) is 14.2 Å². The van der Waals surface area contributed by atoms with Crippen molar-refractivity contribution in [1.29, 1.82) is 0 Å². The lowest BCUT2D eigenvalue weighted by atomic mass is 10.1. The number of hydrogen-bond donors (Lipinski definition) is 0. The standard InChI is InChI=1S/C40H82N2O5.2ClH/c1-7-9-11-13-15-17-19-21-23-25-27-29-31-41(3,4)37-39(43)46-35-33-45-34-36-47-40(44)38-42(5,6)32-30-28-26-24-22-20-18-16-14-12-10-8-2;;/h7-38H2,1-6H3;2*1H/q+2;;/p-2. The molecule has 0 aromatic carbocycles. The van der Waals surface area contributed by atoms with Crippen LogP contribution in [0.4, 0.5) is 0 Å². The molecule has 296 valence electrons. The number of hydrogen-bond acceptors (Lipinski definition) is 5. The van der Waals surface area contributed by atoms with Crippen LogP contribution in [0.25, 0.3) is 0 Å². The van der Waals surface area contributed by atoms with Gasteiger partial charge >= 0.3 is 11.9 Å². The van der Waals surface area contributed by atoms with Gasteiger partial charge in [-0.1, -0.05) is 142 Å². The number of ether oxygens (including phenoxy) is 3. The number of rotatable bonds is 36. The number of carbonyl (C=O) groups excluding carboxylic acids is 2. The summed E-state index contributed by atoms with van der Waals surface area (Å²) in [4.78, 5) is 24.7. The summed E-state index contributed by atoms with van der Waals surface area (Å²) in [5, 5.41) is 0. The monoisotopic (exact) mass is 741 g/mol. The summed E-state index contributed by atoms with van der Waals surface area (Å²) >= 11 is 0. The number of esters is 2. The minimum atomic E-state index is -0.183. The van der Waals surface area contributed by atoms with Crippen molar-refractivity contribution in [1.82, 2.24) is 0 Å². The Kier molecular flexibility index (Phi) is 40.0. The molecule has 0 aliphatic carbocycles. The summed E-state index contributed by atoms with van der Waals surface area (Å²) in [5.41, 5.74) is 0. The highest BCUT2D eigenvalue weighted by Gasteiger charge is 2.22. The van der Waals surface area contributed by atoms with Crippen LogP contribution in [0.5, 0.6) is 0 Å². The van der Waals surface area contributed by atoms with E-state index < -0.39 is 0 Å². The van der Waals surface area contributed by atoms with Gasteiger partial charge in [0.1, 0.15) is 13.2 Å². The van der Waals surface area contributed by atoms with Gasteiger partial charge in [-0.2, -0.15) is 0 Å². The van der Waals surface area contributed by atoms with Gasteiger partial charge in [0.25, 0.3) is 0 Å². The first-order valence-corrected chi connectivity index (χ1v) is 20.1. The van der Waals surface area contributed by atoms with Crippen LogP contribution in [0.1, 0.15) is 168 Å². The molecule has 0 rings (SSSR count). The maximum absolute atomic E-state index is 12.3. The van der Waals surface area contributed by atoms with Gasteiger partial charge < -0.3 is 48.0 Å². The molecule has 0 saturated carbocycles. The molecule has 0 fully saturated rings. The van der Waals surface area contributed by atoms with Crippen molar-refractivity contribution < 1.29 is 57.6 Å². The van der Waals surface area contributed by atoms with Crippen molar-refractivity contribution in [3.63, 3.8) is 0 Å². The lowest BCUT2D eigenvalue weighted by Crippen LogP contribution is -3.00. The normalized spacial score (nSPS) is 11.6. The number of nitrogens with zero attached hydrogens (tertiary/aromatic N) is 2. The summed E-state index contributed by atoms with van der Waals surface area (Å²) in [6, 6.07) is 0. The van der Waals surface area contributed by atoms with Crippen molar-refractivity contribution in [2.45, 2.75) is 168 Å². The minimum Gasteiger partial charge on any atom is -1.00 e. The lowest BCUT2D eigenvalue weighted by Gasteiger charge is -2.28. The summed E-state index contributed by atoms with van der Waals surface area (Å²) in [6.45, 7) is 8.37. The molecule has 49 heavy (non-hydrogen) atoms. The molecule has 0 aliphatic rings. The second-order valence-electron chi connectivity index (χ2n) is 15.5. The fourth-order valence-corrected chi connectivity index (χ4v) is 6.24. The van der Waals surface area contributed by atoms with Gasteiger partial charge in [-0.25, -0.2) is 9.59 Å². The van der Waals surface area contributed by atoms with E-state index in [2.05, 4.69) is 42.0 Å². The van der Waals surface area contributed by atoms with Gasteiger partial charge in [0.05, 0.1) is 54.5 Å². The topological polar surface area (TPSA) is 61.8 Å². The van der Waals surface area contributed by atoms with Gasteiger partial charge in [-0.05, 0) is 25.7 Å². The van der Waals surface area contributed by atoms with Crippen LogP contribution in [0.15, 0.2) is 0 Å². The molecule has 0 saturated heterocycles. The molecule has 0 N–H and O–H groups in total. The Labute approximate surface area is 317 Å². The molecular formula is C40H82Cl2N2O5. The van der Waals surface area contributed by atoms with Crippen LogP contribution < -0.4 is 24.8 Å². The van der Waals surface area contributed by atoms with E-state index in [0.29, 0.717) is 35.3 Å². The zero-order valence-electron chi connectivity index (χ0n) is 33.3. The molecule has 0 aromatic rings. The Morgan fingerprint density at radius 3 is 0.898 bits per heavy atom. The quantitative estimate of drug-likeness (QED) is 0.0558. The van der Waals surface area contributed by atoms with E-state index in [1.165, 1.54) is 141 Å². The van der Waals surface area contributed by atoms with Crippen molar-refractivity contribution in [2.75, 3.05) is 80.8 Å². The highest BCUT2D eigenvalue weighted by molar-refractivity contribution is 5.70. The number of unbranched alkanes of at least 4 members (excludes halogenated alkanes) is 22. The van der Waals surface area contributed by atoms with E-state index in [-0.39, 0.29) is 50.0 Å². The average Bonchev–Trinajstić information content (AvgIpc) is 3.01. The molecule has 0 amide bonds. The molecule has 0 aromatic heterocycles. The zero-order valence-corrected chi connectivity index (χ0v) is 34.8. The van der Waals surface area contributed by atoms with Crippen molar-refractivity contribution >= 4 is 11.9 Å². The molecule has 7 nitrogen and oxygen atoms in total. The maximum atomic E-state index is 12.3. The van der Waals surface area contributed by atoms with Crippen molar-refractivity contribution in [3.8, 4) is 0 Å². The van der Waals surface area contributed by atoms with Gasteiger partial charge in [0, 0.05) is 0 Å². The van der Waals surface area contributed by atoms with Gasteiger partial charge in [-0.3, -0.25) is 0 Å². The first kappa shape index (κ1) is 52.8. The number of likely N-dealkylation sites (N-methyl/N-ethyl adjacent to an activating group) is 2. The van der Waals surface area contributed by atoms with Crippen LogP contribution in [0.2, 0.25) is 0 Å². The molecule has 0 aliphatic heterocycles. The van der Waals surface area contributed by atoms with E-state index in [0.717, 1.165) is 25.9 Å². The minimum absolute atomic E-state index is 0. The SMILES string of the molecule is CCCCCCCCCCCCCC[N+](C)(C)CC(=O)OCCOCCOC(=O)C[N+](C)(C)CCCCCCCCCCCCCC.[Cl-].[Cl-]. The Morgan fingerprint density at radius 2 is 0.633 bits per heavy atom. The Morgan fingerprint density at radius 1 is 0.388 bits per heavy atom. The van der Waals surface area contributed by atoms with Crippen LogP contribution >= 0.6 is 0 Å². The third-order valence-corrected chi connectivity index (χ3v) is 9.33. The second-order valence-corrected chi connectivity index (χ2v) is 15.5. The number of quaternary nitrogens is 2. The summed E-state index contributed by atoms with van der Waals surface area (Å²) in [6.07, 6.45) is 32.2. The predicted octanol–water partition coefficient (Wildman–Crippen LogP) is 3.65. The van der Waals surface area contributed by atoms with Gasteiger partial charge in [0.15, 0.2) is 13.1 Å². The van der Waals surface area contributed by atoms with E-state index in [1.807, 2.05) is 0 Å². The molecular weight excluding hydrogens is 659 g/mol. The van der Waals surface area contributed by atoms with E-state index in [9.17, 15) is 9.59 Å².